The zero-order valence-corrected chi connectivity index (χ0v) is 11.0. The van der Waals surface area contributed by atoms with Crippen molar-refractivity contribution in [3.63, 3.8) is 0 Å². The summed E-state index contributed by atoms with van der Waals surface area (Å²) in [5, 5.41) is 3.02. The van der Waals surface area contributed by atoms with Gasteiger partial charge in [-0.1, -0.05) is 22.7 Å². The molecule has 0 bridgehead atoms. The maximum atomic E-state index is 11.5. The summed E-state index contributed by atoms with van der Waals surface area (Å²) in [4.78, 5) is 58.2. The van der Waals surface area contributed by atoms with Gasteiger partial charge in [-0.2, -0.15) is 0 Å². The third kappa shape index (κ3) is 4.64. The molecule has 1 rings (SSSR count). The molecule has 0 unspecified atom stereocenters. The molecule has 10 nitrogen and oxygen atoms in total. The molecule has 21 heavy (non-hydrogen) atoms. The van der Waals surface area contributed by atoms with Crippen molar-refractivity contribution in [3.8, 4) is 0 Å². The second kappa shape index (κ2) is 8.36. The van der Waals surface area contributed by atoms with Crippen LogP contribution in [0.5, 0.6) is 0 Å². The maximum Gasteiger partial charge on any atom is 0.410 e. The Morgan fingerprint density at radius 2 is 1.71 bits per heavy atom. The fourth-order valence-corrected chi connectivity index (χ4v) is 1.57. The van der Waals surface area contributed by atoms with Crippen molar-refractivity contribution in [2.24, 2.45) is 10.1 Å². The number of unbranched alkanes of at least 4 members (excludes halogenated alkanes) is 3. The molecule has 0 aliphatic rings. The van der Waals surface area contributed by atoms with Gasteiger partial charge in [0.25, 0.3) is 6.08 Å². The van der Waals surface area contributed by atoms with E-state index in [2.05, 4.69) is 14.6 Å². The molecule has 0 aromatic carbocycles. The van der Waals surface area contributed by atoms with E-state index in [1.807, 2.05) is 0 Å². The summed E-state index contributed by atoms with van der Waals surface area (Å²) in [6, 6.07) is 0. The van der Waals surface area contributed by atoms with Crippen molar-refractivity contribution in [2.45, 2.75) is 32.2 Å². The molecule has 0 saturated heterocycles. The molecular formula is C11H12N4O6. The monoisotopic (exact) mass is 296 g/mol. The van der Waals surface area contributed by atoms with Gasteiger partial charge in [-0.05, 0) is 12.8 Å². The smallest absolute Gasteiger partial charge is 0.314 e. The molecule has 0 atom stereocenters. The minimum Gasteiger partial charge on any atom is -0.314 e. The highest BCUT2D eigenvalue weighted by Crippen LogP contribution is 2.01. The molecule has 1 aromatic heterocycles. The quantitative estimate of drug-likeness (QED) is 0.260. The number of nitrogens with zero attached hydrogens (tertiary/aromatic N) is 4. The summed E-state index contributed by atoms with van der Waals surface area (Å²) in [6.07, 6.45) is 5.19. The second-order valence-electron chi connectivity index (χ2n) is 3.96. The zero-order valence-electron chi connectivity index (χ0n) is 11.0. The van der Waals surface area contributed by atoms with E-state index in [-0.39, 0.29) is 6.54 Å². The first kappa shape index (κ1) is 16.2. The van der Waals surface area contributed by atoms with Gasteiger partial charge in [-0.25, -0.2) is 19.4 Å². The molecule has 112 valence electrons. The van der Waals surface area contributed by atoms with E-state index in [0.29, 0.717) is 30.6 Å². The van der Waals surface area contributed by atoms with Gasteiger partial charge in [0.15, 0.2) is 0 Å². The van der Waals surface area contributed by atoms with E-state index < -0.39 is 16.6 Å². The van der Waals surface area contributed by atoms with E-state index >= 15 is 0 Å². The highest BCUT2D eigenvalue weighted by molar-refractivity contribution is 5.32. The molecule has 0 aliphatic heterocycles. The zero-order chi connectivity index (χ0) is 15.7. The number of aromatic nitrogens is 2. The van der Waals surface area contributed by atoms with Crippen LogP contribution in [0.1, 0.15) is 25.7 Å². The Bertz CT molecular complexity index is 745. The Hall–Kier alpha value is -2.83. The standard InChI is InChI=1S/C11H12N4O6/c16-7-12-5-3-1-2-4-6-14-15(13-8-17)10(19)9(18)11(20)21-14/h1-6H2. The number of hydrogen-bond donors (Lipinski definition) is 0. The molecule has 0 amide bonds. The van der Waals surface area contributed by atoms with Crippen LogP contribution in [-0.2, 0) is 16.1 Å². The number of isocyanates is 2. The van der Waals surface area contributed by atoms with Gasteiger partial charge in [0.05, 0.1) is 13.1 Å². The lowest BCUT2D eigenvalue weighted by molar-refractivity contribution is 0.139. The summed E-state index contributed by atoms with van der Waals surface area (Å²) < 4.78 is 4.59. The van der Waals surface area contributed by atoms with Crippen molar-refractivity contribution in [1.82, 2.24) is 9.65 Å². The molecule has 10 heteroatoms. The lowest BCUT2D eigenvalue weighted by atomic mass is 10.2. The fourth-order valence-electron chi connectivity index (χ4n) is 1.57. The molecule has 0 fully saturated rings. The van der Waals surface area contributed by atoms with Gasteiger partial charge in [0.2, 0.25) is 6.08 Å². The molecule has 0 N–H and O–H groups in total. The summed E-state index contributed by atoms with van der Waals surface area (Å²) in [7, 11) is 0. The number of carbonyl (C=O) groups excluding carboxylic acids is 2. The van der Waals surface area contributed by atoms with E-state index in [0.717, 1.165) is 17.4 Å². The van der Waals surface area contributed by atoms with E-state index in [4.69, 9.17) is 0 Å². The molecular weight excluding hydrogens is 284 g/mol. The maximum absolute atomic E-state index is 11.5. The van der Waals surface area contributed by atoms with Crippen molar-refractivity contribution in [1.29, 1.82) is 0 Å². The fraction of sp³-hybridized carbons (Fsp3) is 0.545. The van der Waals surface area contributed by atoms with Gasteiger partial charge in [0, 0.05) is 0 Å². The third-order valence-corrected chi connectivity index (χ3v) is 2.53. The van der Waals surface area contributed by atoms with Gasteiger partial charge in [0.1, 0.15) is 0 Å². The van der Waals surface area contributed by atoms with Crippen LogP contribution in [0.15, 0.2) is 29.0 Å². The molecule has 0 saturated carbocycles. The first-order valence-corrected chi connectivity index (χ1v) is 6.11. The van der Waals surface area contributed by atoms with Crippen molar-refractivity contribution in [3.05, 3.63) is 31.0 Å². The van der Waals surface area contributed by atoms with Crippen LogP contribution >= 0.6 is 0 Å². The second-order valence-corrected chi connectivity index (χ2v) is 3.96. The molecule has 0 aliphatic carbocycles. The van der Waals surface area contributed by atoms with Crippen LogP contribution in [0, 0.1) is 0 Å². The van der Waals surface area contributed by atoms with Crippen molar-refractivity contribution >= 4 is 12.2 Å². The van der Waals surface area contributed by atoms with Gasteiger partial charge in [-0.3, -0.25) is 9.59 Å². The topological polar surface area (TPSA) is 133 Å². The van der Waals surface area contributed by atoms with Crippen LogP contribution in [0.3, 0.4) is 0 Å². The van der Waals surface area contributed by atoms with Crippen LogP contribution < -0.4 is 16.6 Å². The Balaban J connectivity index is 2.73. The van der Waals surface area contributed by atoms with Gasteiger partial charge >= 0.3 is 16.6 Å². The number of aryl methyl sites for hydroxylation is 1. The van der Waals surface area contributed by atoms with Gasteiger partial charge in [-0.15, -0.1) is 4.85 Å². The first-order valence-electron chi connectivity index (χ1n) is 6.11. The number of aliphatic imine (C=N–C) groups is 1. The largest absolute Gasteiger partial charge is 0.410 e. The molecule has 1 aromatic rings. The Morgan fingerprint density at radius 3 is 2.38 bits per heavy atom. The van der Waals surface area contributed by atoms with Crippen molar-refractivity contribution < 1.29 is 14.1 Å². The van der Waals surface area contributed by atoms with Crippen molar-refractivity contribution in [2.75, 3.05) is 6.54 Å². The number of hydrogen-bond acceptors (Lipinski definition) is 8. The predicted octanol–water partition coefficient (Wildman–Crippen LogP) is -1.04. The average molecular weight is 296 g/mol. The minimum absolute atomic E-state index is 0.0763. The third-order valence-electron chi connectivity index (χ3n) is 2.53. The van der Waals surface area contributed by atoms with E-state index in [1.165, 1.54) is 6.08 Å². The van der Waals surface area contributed by atoms with E-state index in [1.54, 1.807) is 0 Å². The lowest BCUT2D eigenvalue weighted by Crippen LogP contribution is -2.46. The molecule has 0 radical (unpaired) electrons. The Labute approximate surface area is 117 Å². The average Bonchev–Trinajstić information content (AvgIpc) is 2.47. The minimum atomic E-state index is -1.41. The predicted molar refractivity (Wildman–Crippen MR) is 68.5 cm³/mol. The van der Waals surface area contributed by atoms with Gasteiger partial charge < -0.3 is 4.52 Å². The first-order chi connectivity index (χ1) is 10.1. The van der Waals surface area contributed by atoms with Crippen LogP contribution in [0.2, 0.25) is 0 Å². The summed E-state index contributed by atoms with van der Waals surface area (Å²) >= 11 is 0. The summed E-state index contributed by atoms with van der Waals surface area (Å²) in [5.41, 5.74) is -4.00. The van der Waals surface area contributed by atoms with Crippen LogP contribution in [-0.4, -0.2) is 28.3 Å². The Morgan fingerprint density at radius 1 is 1.00 bits per heavy atom. The molecule has 0 spiro atoms. The summed E-state index contributed by atoms with van der Waals surface area (Å²) in [5.74, 6) is 0. The van der Waals surface area contributed by atoms with Crippen LogP contribution in [0.25, 0.3) is 0 Å². The molecule has 1 heterocycles. The highest BCUT2D eigenvalue weighted by atomic mass is 16.5. The number of rotatable bonds is 8. The van der Waals surface area contributed by atoms with E-state index in [9.17, 15) is 24.0 Å². The highest BCUT2D eigenvalue weighted by Gasteiger charge is 2.11. The van der Waals surface area contributed by atoms with Crippen LogP contribution in [0.4, 0.5) is 0 Å². The normalized spacial score (nSPS) is 9.71. The Kier molecular flexibility index (Phi) is 6.46. The SMILES string of the molecule is O=C=NCCCCCCn1oc(=O)c(=O)c(=O)n1N=C=O. The summed E-state index contributed by atoms with van der Waals surface area (Å²) in [6.45, 7) is 0.462. The lowest BCUT2D eigenvalue weighted by Gasteiger charge is -2.06.